The molecule has 1 saturated heterocycles. The highest BCUT2D eigenvalue weighted by molar-refractivity contribution is 5.33. The average Bonchev–Trinajstić information content (AvgIpc) is 2.39. The Morgan fingerprint density at radius 1 is 1.28 bits per heavy atom. The molecule has 100 valence electrons. The van der Waals surface area contributed by atoms with Gasteiger partial charge >= 0.3 is 0 Å². The van der Waals surface area contributed by atoms with Crippen molar-refractivity contribution >= 4 is 0 Å². The van der Waals surface area contributed by atoms with E-state index in [0.717, 1.165) is 31.5 Å². The summed E-state index contributed by atoms with van der Waals surface area (Å²) in [6, 6.07) is 5.35. The molecule has 0 spiro atoms. The van der Waals surface area contributed by atoms with Crippen molar-refractivity contribution in [1.29, 1.82) is 0 Å². The van der Waals surface area contributed by atoms with E-state index in [4.69, 9.17) is 4.74 Å². The van der Waals surface area contributed by atoms with Gasteiger partial charge in [0.25, 0.3) is 0 Å². The van der Waals surface area contributed by atoms with Crippen molar-refractivity contribution < 1.29 is 9.13 Å². The van der Waals surface area contributed by atoms with Gasteiger partial charge < -0.3 is 10.1 Å². The molecule has 0 bridgehead atoms. The highest BCUT2D eigenvalue weighted by Gasteiger charge is 2.32. The van der Waals surface area contributed by atoms with Gasteiger partial charge in [0.15, 0.2) is 11.6 Å². The van der Waals surface area contributed by atoms with E-state index in [-0.39, 0.29) is 11.2 Å². The molecule has 1 aliphatic rings. The number of hydrogen-bond acceptors (Lipinski definition) is 2. The van der Waals surface area contributed by atoms with E-state index in [9.17, 15) is 4.39 Å². The van der Waals surface area contributed by atoms with Crippen molar-refractivity contribution in [2.24, 2.45) is 5.92 Å². The zero-order valence-corrected chi connectivity index (χ0v) is 11.4. The summed E-state index contributed by atoms with van der Waals surface area (Å²) in [5.74, 6) is 0.656. The Balaban J connectivity index is 2.25. The van der Waals surface area contributed by atoms with E-state index < -0.39 is 0 Å². The second-order valence-electron chi connectivity index (χ2n) is 5.60. The van der Waals surface area contributed by atoms with E-state index in [1.807, 2.05) is 6.07 Å². The molecule has 2 rings (SSSR count). The molecular weight excluding hydrogens is 229 g/mol. The van der Waals surface area contributed by atoms with Gasteiger partial charge in [-0.05, 0) is 55.0 Å². The summed E-state index contributed by atoms with van der Waals surface area (Å²) in [5.41, 5.74) is 1.07. The largest absolute Gasteiger partial charge is 0.494 e. The molecule has 1 aromatic rings. The third kappa shape index (κ3) is 2.51. The first-order valence-electron chi connectivity index (χ1n) is 6.60. The molecule has 2 nitrogen and oxygen atoms in total. The standard InChI is InChI=1S/C15H22FNO/c1-15(2,11-6-8-17-9-7-11)12-4-5-14(18-3)13(16)10-12/h4-5,10-11,17H,6-9H2,1-3H3. The number of benzene rings is 1. The van der Waals surface area contributed by atoms with Crippen LogP contribution < -0.4 is 10.1 Å². The minimum atomic E-state index is -0.267. The van der Waals surface area contributed by atoms with Gasteiger partial charge in [-0.3, -0.25) is 0 Å². The van der Waals surface area contributed by atoms with E-state index in [1.165, 1.54) is 7.11 Å². The van der Waals surface area contributed by atoms with Crippen LogP contribution in [-0.4, -0.2) is 20.2 Å². The maximum atomic E-state index is 13.8. The molecule has 1 N–H and O–H groups in total. The predicted octanol–water partition coefficient (Wildman–Crippen LogP) is 3.11. The molecule has 0 aromatic heterocycles. The lowest BCUT2D eigenvalue weighted by Gasteiger charge is -2.38. The van der Waals surface area contributed by atoms with Gasteiger partial charge in [0.2, 0.25) is 0 Å². The molecule has 0 amide bonds. The smallest absolute Gasteiger partial charge is 0.165 e. The molecule has 0 aliphatic carbocycles. The van der Waals surface area contributed by atoms with Crippen LogP contribution in [0.5, 0.6) is 5.75 Å². The summed E-state index contributed by atoms with van der Waals surface area (Å²) in [7, 11) is 1.50. The summed E-state index contributed by atoms with van der Waals surface area (Å²) in [4.78, 5) is 0. The predicted molar refractivity (Wildman–Crippen MR) is 71.6 cm³/mol. The molecule has 0 unspecified atom stereocenters. The highest BCUT2D eigenvalue weighted by Crippen LogP contribution is 2.38. The Labute approximate surface area is 109 Å². The summed E-state index contributed by atoms with van der Waals surface area (Å²) in [5, 5.41) is 3.37. The summed E-state index contributed by atoms with van der Waals surface area (Å²) in [6.45, 7) is 6.55. The maximum Gasteiger partial charge on any atom is 0.165 e. The van der Waals surface area contributed by atoms with Crippen LogP contribution in [0.25, 0.3) is 0 Å². The van der Waals surface area contributed by atoms with Gasteiger partial charge in [-0.2, -0.15) is 0 Å². The van der Waals surface area contributed by atoms with E-state index >= 15 is 0 Å². The number of methoxy groups -OCH3 is 1. The molecule has 3 heteroatoms. The summed E-state index contributed by atoms with van der Waals surface area (Å²) in [6.07, 6.45) is 2.31. The fourth-order valence-electron chi connectivity index (χ4n) is 2.85. The van der Waals surface area contributed by atoms with Crippen LogP contribution in [0.4, 0.5) is 4.39 Å². The fraction of sp³-hybridized carbons (Fsp3) is 0.600. The molecule has 18 heavy (non-hydrogen) atoms. The number of hydrogen-bond donors (Lipinski definition) is 1. The molecule has 0 saturated carbocycles. The summed E-state index contributed by atoms with van der Waals surface area (Å²) < 4.78 is 18.8. The minimum Gasteiger partial charge on any atom is -0.494 e. The Morgan fingerprint density at radius 2 is 1.94 bits per heavy atom. The lowest BCUT2D eigenvalue weighted by atomic mass is 9.69. The van der Waals surface area contributed by atoms with E-state index in [2.05, 4.69) is 19.2 Å². The lowest BCUT2D eigenvalue weighted by Crippen LogP contribution is -2.38. The van der Waals surface area contributed by atoms with E-state index in [1.54, 1.807) is 12.1 Å². The Hall–Kier alpha value is -1.09. The van der Waals surface area contributed by atoms with Crippen molar-refractivity contribution in [1.82, 2.24) is 5.32 Å². The lowest BCUT2D eigenvalue weighted by molar-refractivity contribution is 0.246. The monoisotopic (exact) mass is 251 g/mol. The number of rotatable bonds is 3. The molecule has 0 radical (unpaired) electrons. The van der Waals surface area contributed by atoms with Gasteiger partial charge in [-0.1, -0.05) is 19.9 Å². The molecule has 1 aromatic carbocycles. The van der Waals surface area contributed by atoms with Crippen LogP contribution >= 0.6 is 0 Å². The molecular formula is C15H22FNO. The third-order valence-corrected chi connectivity index (χ3v) is 4.26. The Kier molecular flexibility index (Phi) is 3.91. The number of nitrogens with one attached hydrogen (secondary N) is 1. The fourth-order valence-corrected chi connectivity index (χ4v) is 2.85. The normalized spacial score (nSPS) is 17.8. The van der Waals surface area contributed by atoms with Gasteiger partial charge in [0.05, 0.1) is 7.11 Å². The van der Waals surface area contributed by atoms with Crippen LogP contribution in [0.2, 0.25) is 0 Å². The Bertz CT molecular complexity index is 411. The van der Waals surface area contributed by atoms with Gasteiger partial charge in [-0.15, -0.1) is 0 Å². The van der Waals surface area contributed by atoms with Crippen molar-refractivity contribution in [2.75, 3.05) is 20.2 Å². The summed E-state index contributed by atoms with van der Waals surface area (Å²) >= 11 is 0. The van der Waals surface area contributed by atoms with Crippen LogP contribution in [0.1, 0.15) is 32.3 Å². The highest BCUT2D eigenvalue weighted by atomic mass is 19.1. The maximum absolute atomic E-state index is 13.8. The second-order valence-corrected chi connectivity index (χ2v) is 5.60. The van der Waals surface area contributed by atoms with Crippen LogP contribution in [0.3, 0.4) is 0 Å². The van der Waals surface area contributed by atoms with Gasteiger partial charge in [0, 0.05) is 0 Å². The first-order valence-corrected chi connectivity index (χ1v) is 6.60. The Morgan fingerprint density at radius 3 is 2.50 bits per heavy atom. The number of ether oxygens (including phenoxy) is 1. The van der Waals surface area contributed by atoms with E-state index in [0.29, 0.717) is 11.7 Å². The first kappa shape index (κ1) is 13.3. The topological polar surface area (TPSA) is 21.3 Å². The van der Waals surface area contributed by atoms with Crippen molar-refractivity contribution in [3.05, 3.63) is 29.6 Å². The van der Waals surface area contributed by atoms with Crippen molar-refractivity contribution in [2.45, 2.75) is 32.1 Å². The van der Waals surface area contributed by atoms with Gasteiger partial charge in [0.1, 0.15) is 0 Å². The molecule has 1 fully saturated rings. The van der Waals surface area contributed by atoms with Gasteiger partial charge in [-0.25, -0.2) is 4.39 Å². The van der Waals surface area contributed by atoms with Crippen LogP contribution in [-0.2, 0) is 5.41 Å². The number of halogens is 1. The second kappa shape index (κ2) is 5.27. The molecule has 0 atom stereocenters. The third-order valence-electron chi connectivity index (χ3n) is 4.26. The molecule has 1 aliphatic heterocycles. The first-order chi connectivity index (χ1) is 8.55. The number of piperidine rings is 1. The van der Waals surface area contributed by atoms with Crippen LogP contribution in [0.15, 0.2) is 18.2 Å². The SMILES string of the molecule is COc1ccc(C(C)(C)C2CCNCC2)cc1F. The minimum absolute atomic E-state index is 0.00914. The zero-order valence-electron chi connectivity index (χ0n) is 11.4. The quantitative estimate of drug-likeness (QED) is 0.891. The van der Waals surface area contributed by atoms with Crippen molar-refractivity contribution in [3.63, 3.8) is 0 Å². The van der Waals surface area contributed by atoms with Crippen LogP contribution in [0, 0.1) is 11.7 Å². The molecule has 1 heterocycles. The average molecular weight is 251 g/mol. The van der Waals surface area contributed by atoms with Crippen molar-refractivity contribution in [3.8, 4) is 5.75 Å². The zero-order chi connectivity index (χ0) is 13.2.